The third kappa shape index (κ3) is 5.80. The van der Waals surface area contributed by atoms with Gasteiger partial charge in [-0.15, -0.1) is 0 Å². The number of ether oxygens (including phenoxy) is 2. The van der Waals surface area contributed by atoms with Gasteiger partial charge in [0.1, 0.15) is 12.1 Å². The van der Waals surface area contributed by atoms with Crippen molar-refractivity contribution in [3.63, 3.8) is 0 Å². The van der Waals surface area contributed by atoms with Crippen LogP contribution < -0.4 is 5.32 Å². The van der Waals surface area contributed by atoms with Gasteiger partial charge in [0.15, 0.2) is 12.2 Å². The first kappa shape index (κ1) is 28.5. The molecule has 0 spiro atoms. The molecule has 47 heavy (non-hydrogen) atoms. The molecule has 0 radical (unpaired) electrons. The van der Waals surface area contributed by atoms with Crippen molar-refractivity contribution in [3.05, 3.63) is 203 Å². The van der Waals surface area contributed by atoms with Gasteiger partial charge in [-0.25, -0.2) is 9.98 Å². The molecular weight excluding hydrogens is 578 g/mol. The lowest BCUT2D eigenvalue weighted by atomic mass is 9.97. The van der Waals surface area contributed by atoms with Crippen LogP contribution >= 0.6 is 0 Å². The van der Waals surface area contributed by atoms with Crippen molar-refractivity contribution >= 4 is 23.2 Å². The van der Waals surface area contributed by atoms with E-state index in [-0.39, 0.29) is 24.3 Å². The topological polar surface area (TPSA) is 55.2 Å². The van der Waals surface area contributed by atoms with E-state index in [9.17, 15) is 0 Å². The van der Waals surface area contributed by atoms with Crippen LogP contribution in [0.4, 0.5) is 11.4 Å². The highest BCUT2D eigenvalue weighted by Gasteiger charge is 2.36. The van der Waals surface area contributed by atoms with E-state index in [1.807, 2.05) is 72.8 Å². The molecule has 5 nitrogen and oxygen atoms in total. The average Bonchev–Trinajstić information content (AvgIpc) is 3.80. The average molecular weight is 612 g/mol. The Hall–Kier alpha value is -5.94. The minimum absolute atomic E-state index is 0.167. The van der Waals surface area contributed by atoms with Gasteiger partial charge in [-0.3, -0.25) is 0 Å². The van der Waals surface area contributed by atoms with Gasteiger partial charge in [-0.05, 0) is 46.5 Å². The maximum absolute atomic E-state index is 6.70. The molecule has 4 atom stereocenters. The van der Waals surface area contributed by atoms with Crippen molar-refractivity contribution in [1.29, 1.82) is 0 Å². The fraction of sp³-hybridized carbons (Fsp3) is 0.0952. The summed E-state index contributed by atoms with van der Waals surface area (Å²) in [6.45, 7) is 0. The Morgan fingerprint density at radius 1 is 0.362 bits per heavy atom. The highest BCUT2D eigenvalue weighted by molar-refractivity contribution is 6.04. The quantitative estimate of drug-likeness (QED) is 0.186. The van der Waals surface area contributed by atoms with Gasteiger partial charge in [0, 0.05) is 0 Å². The number of nitrogens with zero attached hydrogens (tertiary/aromatic N) is 2. The number of rotatable bonds is 8. The molecule has 1 N–H and O–H groups in total. The first-order valence-electron chi connectivity index (χ1n) is 16.0. The van der Waals surface area contributed by atoms with Crippen LogP contribution in [0.1, 0.15) is 57.7 Å². The summed E-state index contributed by atoms with van der Waals surface area (Å²) in [4.78, 5) is 10.4. The highest BCUT2D eigenvalue weighted by atomic mass is 16.5. The monoisotopic (exact) mass is 611 g/mol. The lowest BCUT2D eigenvalue weighted by Crippen LogP contribution is -2.12. The van der Waals surface area contributed by atoms with Crippen molar-refractivity contribution in [3.8, 4) is 0 Å². The Labute approximate surface area is 274 Å². The molecule has 0 bridgehead atoms. The Morgan fingerprint density at radius 2 is 0.681 bits per heavy atom. The molecule has 0 fully saturated rings. The second-order valence-electron chi connectivity index (χ2n) is 11.7. The van der Waals surface area contributed by atoms with Crippen molar-refractivity contribution in [1.82, 2.24) is 0 Å². The van der Waals surface area contributed by atoms with Crippen molar-refractivity contribution < 1.29 is 9.47 Å². The van der Waals surface area contributed by atoms with Crippen molar-refractivity contribution in [2.75, 3.05) is 5.32 Å². The van der Waals surface area contributed by atoms with Gasteiger partial charge in [-0.2, -0.15) is 0 Å². The summed E-state index contributed by atoms with van der Waals surface area (Å²) in [6.07, 6.45) is -0.472. The van der Waals surface area contributed by atoms with Crippen LogP contribution in [0.5, 0.6) is 0 Å². The zero-order valence-electron chi connectivity index (χ0n) is 25.7. The lowest BCUT2D eigenvalue weighted by molar-refractivity contribution is 0.197. The first-order valence-corrected chi connectivity index (χ1v) is 16.0. The number of aliphatic imine (C=N–C) groups is 2. The van der Waals surface area contributed by atoms with E-state index in [1.54, 1.807) is 0 Å². The van der Waals surface area contributed by atoms with E-state index in [2.05, 4.69) is 102 Å². The summed E-state index contributed by atoms with van der Waals surface area (Å²) in [5.41, 5.74) is 7.96. The molecule has 0 aliphatic carbocycles. The summed E-state index contributed by atoms with van der Waals surface area (Å²) < 4.78 is 13.4. The highest BCUT2D eigenvalue weighted by Crippen LogP contribution is 2.44. The molecule has 228 valence electrons. The number of para-hydroxylation sites is 2. The molecule has 0 aromatic heterocycles. The van der Waals surface area contributed by atoms with E-state index in [1.165, 1.54) is 0 Å². The van der Waals surface area contributed by atoms with Gasteiger partial charge in [0.05, 0.1) is 22.5 Å². The normalized spacial score (nSPS) is 20.1. The smallest absolute Gasteiger partial charge is 0.219 e. The van der Waals surface area contributed by atoms with Crippen LogP contribution in [0.2, 0.25) is 0 Å². The van der Waals surface area contributed by atoms with E-state index >= 15 is 0 Å². The zero-order chi connectivity index (χ0) is 31.4. The number of anilines is 2. The van der Waals surface area contributed by atoms with Gasteiger partial charge in [0.25, 0.3) is 0 Å². The predicted octanol–water partition coefficient (Wildman–Crippen LogP) is 9.95. The number of hydrogen-bond acceptors (Lipinski definition) is 5. The summed E-state index contributed by atoms with van der Waals surface area (Å²) >= 11 is 0. The van der Waals surface area contributed by atoms with Gasteiger partial charge in [0.2, 0.25) is 11.8 Å². The summed E-state index contributed by atoms with van der Waals surface area (Å²) in [5.74, 6) is 1.21. The van der Waals surface area contributed by atoms with E-state index in [0.29, 0.717) is 11.8 Å². The fourth-order valence-corrected chi connectivity index (χ4v) is 6.37. The Bertz CT molecular complexity index is 1880. The summed E-state index contributed by atoms with van der Waals surface area (Å²) in [7, 11) is 0. The number of benzene rings is 6. The molecule has 6 aromatic carbocycles. The lowest BCUT2D eigenvalue weighted by Gasteiger charge is -2.20. The second kappa shape index (κ2) is 12.8. The maximum Gasteiger partial charge on any atom is 0.219 e. The molecule has 0 saturated carbocycles. The minimum atomic E-state index is -0.236. The zero-order valence-corrected chi connectivity index (χ0v) is 25.7. The Balaban J connectivity index is 1.14. The molecule has 5 heteroatoms. The third-order valence-electron chi connectivity index (χ3n) is 8.69. The molecule has 0 saturated heterocycles. The van der Waals surface area contributed by atoms with E-state index < -0.39 is 0 Å². The van der Waals surface area contributed by atoms with Crippen LogP contribution in [-0.2, 0) is 9.47 Å². The van der Waals surface area contributed by atoms with Gasteiger partial charge in [-0.1, -0.05) is 146 Å². The minimum Gasteiger partial charge on any atom is -0.467 e. The van der Waals surface area contributed by atoms with E-state index in [0.717, 1.165) is 44.8 Å². The van der Waals surface area contributed by atoms with Crippen LogP contribution in [0, 0.1) is 0 Å². The molecule has 2 aliphatic rings. The van der Waals surface area contributed by atoms with Crippen molar-refractivity contribution in [2.24, 2.45) is 9.98 Å². The van der Waals surface area contributed by atoms with Crippen LogP contribution in [0.15, 0.2) is 180 Å². The predicted molar refractivity (Wildman–Crippen MR) is 188 cm³/mol. The largest absolute Gasteiger partial charge is 0.467 e. The first-order chi connectivity index (χ1) is 23.3. The van der Waals surface area contributed by atoms with Gasteiger partial charge >= 0.3 is 0 Å². The number of nitrogens with one attached hydrogen (secondary N) is 1. The molecule has 4 unspecified atom stereocenters. The summed E-state index contributed by atoms with van der Waals surface area (Å²) in [6, 6.07) is 57.3. The van der Waals surface area contributed by atoms with Crippen LogP contribution in [0.25, 0.3) is 0 Å². The maximum atomic E-state index is 6.70. The second-order valence-corrected chi connectivity index (χ2v) is 11.7. The molecular formula is C42H33N3O2. The summed E-state index contributed by atoms with van der Waals surface area (Å²) in [5, 5.41) is 3.69. The standard InChI is InChI=1S/C42H33N3O2/c1-5-17-29(18-6-1)37-39(31-21-9-3-10-22-31)46-41(44-37)33-25-13-15-27-35(33)43-36-28-16-14-26-34(36)42-45-38(30-19-7-2-8-20-30)40(47-42)32-23-11-4-12-24-32/h1-28,37-40,43H. The van der Waals surface area contributed by atoms with Gasteiger partial charge < -0.3 is 14.8 Å². The number of hydrogen-bond donors (Lipinski definition) is 1. The van der Waals surface area contributed by atoms with Crippen LogP contribution in [-0.4, -0.2) is 11.8 Å². The molecule has 2 heterocycles. The molecule has 0 amide bonds. The molecule has 8 rings (SSSR count). The van der Waals surface area contributed by atoms with Crippen molar-refractivity contribution in [2.45, 2.75) is 24.3 Å². The fourth-order valence-electron chi connectivity index (χ4n) is 6.37. The molecule has 6 aromatic rings. The Kier molecular flexibility index (Phi) is 7.78. The van der Waals surface area contributed by atoms with E-state index in [4.69, 9.17) is 19.5 Å². The Morgan fingerprint density at radius 3 is 1.06 bits per heavy atom. The third-order valence-corrected chi connectivity index (χ3v) is 8.69. The van der Waals surface area contributed by atoms with Crippen LogP contribution in [0.3, 0.4) is 0 Å². The SMILES string of the molecule is c1ccc(C2N=C(c3ccccc3Nc3ccccc3C3=NC(c4ccccc4)C(c4ccccc4)O3)OC2c2ccccc2)cc1. The molecule has 2 aliphatic heterocycles.